The Morgan fingerprint density at radius 3 is 2.64 bits per heavy atom. The average molecular weight is 516 g/mol. The SMILES string of the molecule is CN=C(NCCc1ccc(OC)cc1O)N1CCN(Cc2cccs2)CC1.I. The van der Waals surface area contributed by atoms with Crippen LogP contribution < -0.4 is 10.1 Å². The van der Waals surface area contributed by atoms with Crippen molar-refractivity contribution < 1.29 is 9.84 Å². The summed E-state index contributed by atoms with van der Waals surface area (Å²) in [7, 11) is 3.42. The number of thiophene rings is 1. The molecule has 0 aliphatic carbocycles. The van der Waals surface area contributed by atoms with Gasteiger partial charge in [-0.05, 0) is 29.5 Å². The van der Waals surface area contributed by atoms with Gasteiger partial charge in [-0.15, -0.1) is 35.3 Å². The van der Waals surface area contributed by atoms with E-state index in [9.17, 15) is 5.11 Å². The lowest BCUT2D eigenvalue weighted by Gasteiger charge is -2.36. The molecule has 8 heteroatoms. The van der Waals surface area contributed by atoms with E-state index in [4.69, 9.17) is 4.74 Å². The van der Waals surface area contributed by atoms with Crippen LogP contribution in [0.25, 0.3) is 0 Å². The van der Waals surface area contributed by atoms with Crippen LogP contribution >= 0.6 is 35.3 Å². The van der Waals surface area contributed by atoms with Crippen molar-refractivity contribution in [1.29, 1.82) is 0 Å². The van der Waals surface area contributed by atoms with Crippen LogP contribution in [0, 0.1) is 0 Å². The normalized spacial score (nSPS) is 15.2. The number of phenolic OH excluding ortho intramolecular Hbond substituents is 1. The highest BCUT2D eigenvalue weighted by Crippen LogP contribution is 2.23. The lowest BCUT2D eigenvalue weighted by atomic mass is 10.1. The van der Waals surface area contributed by atoms with Crippen LogP contribution in [-0.2, 0) is 13.0 Å². The van der Waals surface area contributed by atoms with E-state index in [1.165, 1.54) is 4.88 Å². The average Bonchev–Trinajstić information content (AvgIpc) is 3.20. The second-order valence-electron chi connectivity index (χ2n) is 6.56. The van der Waals surface area contributed by atoms with E-state index >= 15 is 0 Å². The van der Waals surface area contributed by atoms with Gasteiger partial charge in [0.15, 0.2) is 5.96 Å². The summed E-state index contributed by atoms with van der Waals surface area (Å²) in [5.41, 5.74) is 0.902. The van der Waals surface area contributed by atoms with Crippen LogP contribution in [0.4, 0.5) is 0 Å². The monoisotopic (exact) mass is 516 g/mol. The summed E-state index contributed by atoms with van der Waals surface area (Å²) in [5.74, 6) is 1.87. The van der Waals surface area contributed by atoms with Gasteiger partial charge in [0.2, 0.25) is 0 Å². The number of hydrogen-bond acceptors (Lipinski definition) is 5. The van der Waals surface area contributed by atoms with Crippen molar-refractivity contribution in [1.82, 2.24) is 15.1 Å². The van der Waals surface area contributed by atoms with Gasteiger partial charge in [0.05, 0.1) is 7.11 Å². The number of nitrogens with zero attached hydrogens (tertiary/aromatic N) is 3. The first-order chi connectivity index (χ1) is 13.2. The largest absolute Gasteiger partial charge is 0.508 e. The molecule has 154 valence electrons. The van der Waals surface area contributed by atoms with E-state index < -0.39 is 0 Å². The Balaban J connectivity index is 0.00000280. The molecular weight excluding hydrogens is 487 g/mol. The summed E-state index contributed by atoms with van der Waals surface area (Å²) in [6.07, 6.45) is 0.729. The van der Waals surface area contributed by atoms with E-state index in [1.54, 1.807) is 13.2 Å². The zero-order valence-electron chi connectivity index (χ0n) is 16.4. The molecule has 1 aromatic heterocycles. The minimum absolute atomic E-state index is 0. The van der Waals surface area contributed by atoms with Crippen molar-refractivity contribution in [3.63, 3.8) is 0 Å². The second-order valence-corrected chi connectivity index (χ2v) is 7.59. The lowest BCUT2D eigenvalue weighted by Crippen LogP contribution is -2.52. The summed E-state index contributed by atoms with van der Waals surface area (Å²) < 4.78 is 5.13. The smallest absolute Gasteiger partial charge is 0.193 e. The third-order valence-corrected chi connectivity index (χ3v) is 5.67. The van der Waals surface area contributed by atoms with E-state index in [0.717, 1.165) is 57.2 Å². The van der Waals surface area contributed by atoms with Gasteiger partial charge in [-0.2, -0.15) is 0 Å². The molecule has 6 nitrogen and oxygen atoms in total. The Morgan fingerprint density at radius 1 is 1.25 bits per heavy atom. The quantitative estimate of drug-likeness (QED) is 0.351. The van der Waals surface area contributed by atoms with E-state index in [1.807, 2.05) is 30.5 Å². The topological polar surface area (TPSA) is 60.3 Å². The highest BCUT2D eigenvalue weighted by atomic mass is 127. The Bertz CT molecular complexity index is 747. The lowest BCUT2D eigenvalue weighted by molar-refractivity contribution is 0.174. The molecular formula is C20H29IN4O2S. The zero-order chi connectivity index (χ0) is 19.1. The molecule has 0 saturated carbocycles. The Labute approximate surface area is 188 Å². The van der Waals surface area contributed by atoms with Crippen molar-refractivity contribution in [3.05, 3.63) is 46.2 Å². The third-order valence-electron chi connectivity index (χ3n) is 4.81. The van der Waals surface area contributed by atoms with Gasteiger partial charge in [0.25, 0.3) is 0 Å². The molecule has 1 aliphatic heterocycles. The predicted molar refractivity (Wildman–Crippen MR) is 126 cm³/mol. The number of aromatic hydroxyl groups is 1. The van der Waals surface area contributed by atoms with Crippen LogP contribution in [-0.4, -0.2) is 67.7 Å². The number of phenols is 1. The van der Waals surface area contributed by atoms with Crippen molar-refractivity contribution in [2.45, 2.75) is 13.0 Å². The molecule has 3 rings (SSSR count). The van der Waals surface area contributed by atoms with Crippen LogP contribution in [0.3, 0.4) is 0 Å². The summed E-state index contributed by atoms with van der Waals surface area (Å²) >= 11 is 1.82. The first-order valence-electron chi connectivity index (χ1n) is 9.26. The van der Waals surface area contributed by atoms with Gasteiger partial charge in [-0.3, -0.25) is 9.89 Å². The maximum atomic E-state index is 10.1. The minimum Gasteiger partial charge on any atom is -0.508 e. The molecule has 0 bridgehead atoms. The molecule has 1 saturated heterocycles. The van der Waals surface area contributed by atoms with Gasteiger partial charge in [0.1, 0.15) is 11.5 Å². The van der Waals surface area contributed by atoms with Crippen LogP contribution in [0.1, 0.15) is 10.4 Å². The first-order valence-corrected chi connectivity index (χ1v) is 10.1. The van der Waals surface area contributed by atoms with Crippen molar-refractivity contribution in [3.8, 4) is 11.5 Å². The first kappa shape index (κ1) is 22.8. The second kappa shape index (κ2) is 11.5. The van der Waals surface area contributed by atoms with Crippen LogP contribution in [0.2, 0.25) is 0 Å². The van der Waals surface area contributed by atoms with Gasteiger partial charge >= 0.3 is 0 Å². The molecule has 0 radical (unpaired) electrons. The van der Waals surface area contributed by atoms with Gasteiger partial charge in [0, 0.05) is 57.3 Å². The predicted octanol–water partition coefficient (Wildman–Crippen LogP) is 3.02. The highest BCUT2D eigenvalue weighted by Gasteiger charge is 2.19. The fourth-order valence-corrected chi connectivity index (χ4v) is 4.01. The summed E-state index contributed by atoms with van der Waals surface area (Å²) in [5, 5.41) is 15.6. The number of aliphatic imine (C=N–C) groups is 1. The van der Waals surface area contributed by atoms with Crippen molar-refractivity contribution in [2.75, 3.05) is 46.9 Å². The fourth-order valence-electron chi connectivity index (χ4n) is 3.26. The number of methoxy groups -OCH3 is 1. The maximum Gasteiger partial charge on any atom is 0.193 e. The highest BCUT2D eigenvalue weighted by molar-refractivity contribution is 14.0. The van der Waals surface area contributed by atoms with E-state index in [-0.39, 0.29) is 29.7 Å². The van der Waals surface area contributed by atoms with Gasteiger partial charge in [-0.25, -0.2) is 0 Å². The summed E-state index contributed by atoms with van der Waals surface area (Å²) in [6, 6.07) is 9.74. The Hall–Kier alpha value is -1.52. The van der Waals surface area contributed by atoms with Gasteiger partial charge in [-0.1, -0.05) is 12.1 Å². The molecule has 0 unspecified atom stereocenters. The molecule has 0 spiro atoms. The van der Waals surface area contributed by atoms with Crippen molar-refractivity contribution in [2.24, 2.45) is 4.99 Å². The van der Waals surface area contributed by atoms with E-state index in [2.05, 4.69) is 37.6 Å². The third kappa shape index (κ3) is 6.25. The minimum atomic E-state index is 0. The number of hydrogen-bond donors (Lipinski definition) is 2. The number of ether oxygens (including phenoxy) is 1. The molecule has 1 fully saturated rings. The number of halogens is 1. The Kier molecular flexibility index (Phi) is 9.33. The summed E-state index contributed by atoms with van der Waals surface area (Å²) in [6.45, 7) is 5.78. The molecule has 0 atom stereocenters. The van der Waals surface area contributed by atoms with Crippen LogP contribution in [0.5, 0.6) is 11.5 Å². The molecule has 1 aliphatic rings. The van der Waals surface area contributed by atoms with Crippen LogP contribution in [0.15, 0.2) is 40.7 Å². The number of nitrogens with one attached hydrogen (secondary N) is 1. The fraction of sp³-hybridized carbons (Fsp3) is 0.450. The molecule has 0 amide bonds. The zero-order valence-corrected chi connectivity index (χ0v) is 19.6. The number of benzene rings is 1. The van der Waals surface area contributed by atoms with Gasteiger partial charge < -0.3 is 20.1 Å². The standard InChI is InChI=1S/C20H28N4O2S.HI/c1-21-20(22-8-7-16-5-6-17(26-2)14-19(16)25)24-11-9-23(10-12-24)15-18-4-3-13-27-18;/h3-6,13-14,25H,7-12,15H2,1-2H3,(H,21,22);1H. The summed E-state index contributed by atoms with van der Waals surface area (Å²) in [4.78, 5) is 10.6. The molecule has 28 heavy (non-hydrogen) atoms. The van der Waals surface area contributed by atoms with E-state index in [0.29, 0.717) is 5.75 Å². The number of rotatable bonds is 6. The Morgan fingerprint density at radius 2 is 2.04 bits per heavy atom. The molecule has 2 aromatic rings. The maximum absolute atomic E-state index is 10.1. The molecule has 1 aromatic carbocycles. The number of guanidine groups is 1. The number of piperazine rings is 1. The van der Waals surface area contributed by atoms with Crippen molar-refractivity contribution >= 4 is 41.3 Å². The molecule has 2 N–H and O–H groups in total. The molecule has 2 heterocycles.